The van der Waals surface area contributed by atoms with Gasteiger partial charge in [-0.05, 0) is 32.0 Å². The van der Waals surface area contributed by atoms with Crippen molar-refractivity contribution in [1.29, 1.82) is 0 Å². The van der Waals surface area contributed by atoms with Crippen LogP contribution in [0, 0.1) is 13.8 Å². The second-order valence-corrected chi connectivity index (χ2v) is 8.35. The van der Waals surface area contributed by atoms with Gasteiger partial charge in [0.15, 0.2) is 0 Å². The number of hydrogen-bond donors (Lipinski definition) is 2. The molecule has 1 saturated heterocycles. The van der Waals surface area contributed by atoms with Crippen LogP contribution in [-0.4, -0.2) is 35.6 Å². The molecule has 3 N–H and O–H groups in total. The molecule has 1 aromatic carbocycles. The zero-order valence-electron chi connectivity index (χ0n) is 16.1. The van der Waals surface area contributed by atoms with Gasteiger partial charge in [0.2, 0.25) is 5.91 Å². The van der Waals surface area contributed by atoms with E-state index in [1.54, 1.807) is 42.7 Å². The largest absolute Gasteiger partial charge is 0.488 e. The number of carbonyl (C=O) groups is 2. The number of aryl methyl sites for hydroxylation is 2. The van der Waals surface area contributed by atoms with Crippen LogP contribution in [0.3, 0.4) is 0 Å². The molecule has 0 aliphatic carbocycles. The second-order valence-electron chi connectivity index (χ2n) is 7.03. The molecule has 0 saturated carbocycles. The summed E-state index contributed by atoms with van der Waals surface area (Å²) in [6.45, 7) is 4.46. The summed E-state index contributed by atoms with van der Waals surface area (Å²) in [4.78, 5) is 30.2. The highest BCUT2D eigenvalue weighted by Crippen LogP contribution is 2.30. The van der Waals surface area contributed by atoms with Crippen LogP contribution >= 0.6 is 11.3 Å². The smallest absolute Gasteiger partial charge is 0.256 e. The third kappa shape index (κ3) is 3.70. The van der Waals surface area contributed by atoms with Gasteiger partial charge >= 0.3 is 0 Å². The van der Waals surface area contributed by atoms with E-state index in [2.05, 4.69) is 10.3 Å². The van der Waals surface area contributed by atoms with Gasteiger partial charge in [-0.15, -0.1) is 11.3 Å². The van der Waals surface area contributed by atoms with Crippen LogP contribution in [0.25, 0.3) is 11.0 Å². The molecular formula is C20H21N3O5S. The van der Waals surface area contributed by atoms with Crippen LogP contribution in [0.2, 0.25) is 0 Å². The summed E-state index contributed by atoms with van der Waals surface area (Å²) in [5, 5.41) is 4.34. The second kappa shape index (κ2) is 7.49. The molecule has 2 aromatic heterocycles. The fourth-order valence-corrected chi connectivity index (χ4v) is 4.10. The molecular weight excluding hydrogens is 394 g/mol. The summed E-state index contributed by atoms with van der Waals surface area (Å²) in [6.07, 6.45) is 2.12. The molecule has 1 atom stereocenters. The Morgan fingerprint density at radius 3 is 2.86 bits per heavy atom. The lowest BCUT2D eigenvalue weighted by Gasteiger charge is -2.24. The van der Waals surface area contributed by atoms with E-state index < -0.39 is 17.4 Å². The highest BCUT2D eigenvalue weighted by atomic mass is 32.1. The molecule has 1 unspecified atom stereocenters. The summed E-state index contributed by atoms with van der Waals surface area (Å²) in [5.41, 5.74) is 5.23. The number of carbonyl (C=O) groups excluding carboxylic acids is 2. The van der Waals surface area contributed by atoms with Gasteiger partial charge < -0.3 is 24.9 Å². The van der Waals surface area contributed by atoms with Gasteiger partial charge in [0.1, 0.15) is 29.2 Å². The lowest BCUT2D eigenvalue weighted by Crippen LogP contribution is -2.58. The Kier molecular flexibility index (Phi) is 5.01. The number of nitrogens with zero attached hydrogens (tertiary/aromatic N) is 1. The van der Waals surface area contributed by atoms with Crippen molar-refractivity contribution in [2.75, 3.05) is 13.2 Å². The van der Waals surface area contributed by atoms with Crippen LogP contribution in [0.4, 0.5) is 0 Å². The highest BCUT2D eigenvalue weighted by molar-refractivity contribution is 7.11. The van der Waals surface area contributed by atoms with Crippen LogP contribution in [-0.2, 0) is 16.1 Å². The number of fused-ring (bicyclic) bond motifs is 1. The molecule has 0 bridgehead atoms. The molecule has 0 radical (unpaired) electrons. The van der Waals surface area contributed by atoms with Crippen molar-refractivity contribution in [2.24, 2.45) is 5.73 Å². The van der Waals surface area contributed by atoms with Crippen molar-refractivity contribution in [1.82, 2.24) is 10.3 Å². The number of furan rings is 1. The van der Waals surface area contributed by atoms with Gasteiger partial charge in [-0.2, -0.15) is 0 Å². The Labute approximate surface area is 171 Å². The normalized spacial score (nSPS) is 18.8. The molecule has 1 fully saturated rings. The minimum Gasteiger partial charge on any atom is -0.488 e. The Hall–Kier alpha value is -2.91. The summed E-state index contributed by atoms with van der Waals surface area (Å²) < 4.78 is 16.9. The molecule has 8 nitrogen and oxygen atoms in total. The van der Waals surface area contributed by atoms with Crippen molar-refractivity contribution in [3.63, 3.8) is 0 Å². The lowest BCUT2D eigenvalue weighted by atomic mass is 9.97. The van der Waals surface area contributed by atoms with Crippen molar-refractivity contribution in [2.45, 2.75) is 32.4 Å². The summed E-state index contributed by atoms with van der Waals surface area (Å²) >= 11 is 1.57. The predicted octanol–water partition coefficient (Wildman–Crippen LogP) is 2.46. The van der Waals surface area contributed by atoms with E-state index in [4.69, 9.17) is 19.6 Å². The van der Waals surface area contributed by atoms with E-state index in [-0.39, 0.29) is 6.61 Å². The van der Waals surface area contributed by atoms with Crippen LogP contribution in [0.15, 0.2) is 28.8 Å². The fraction of sp³-hybridized carbons (Fsp3) is 0.350. The number of ether oxygens (including phenoxy) is 2. The minimum atomic E-state index is -1.20. The quantitative estimate of drug-likeness (QED) is 0.639. The number of aromatic nitrogens is 1. The van der Waals surface area contributed by atoms with E-state index >= 15 is 0 Å². The van der Waals surface area contributed by atoms with Crippen molar-refractivity contribution in [3.8, 4) is 5.75 Å². The molecule has 29 heavy (non-hydrogen) atoms. The van der Waals surface area contributed by atoms with Crippen LogP contribution < -0.4 is 15.8 Å². The summed E-state index contributed by atoms with van der Waals surface area (Å²) in [6, 6.07) is 5.31. The van der Waals surface area contributed by atoms with Gasteiger partial charge in [-0.3, -0.25) is 9.59 Å². The first-order chi connectivity index (χ1) is 13.9. The monoisotopic (exact) mass is 415 g/mol. The Morgan fingerprint density at radius 1 is 1.38 bits per heavy atom. The SMILES string of the molecule is Cc1ncc(COc2ccc3oc(C)c(C(=O)NC4(C(N)=O)CCOC4)c3c2)s1. The number of primary amides is 1. The summed E-state index contributed by atoms with van der Waals surface area (Å²) in [5.74, 6) is 0.0111. The van der Waals surface area contributed by atoms with Crippen molar-refractivity contribution >= 4 is 34.1 Å². The number of thiazole rings is 1. The van der Waals surface area contributed by atoms with Crippen LogP contribution in [0.5, 0.6) is 5.75 Å². The topological polar surface area (TPSA) is 117 Å². The number of benzene rings is 1. The maximum atomic E-state index is 13.0. The maximum Gasteiger partial charge on any atom is 0.256 e. The lowest BCUT2D eigenvalue weighted by molar-refractivity contribution is -0.124. The number of nitrogens with two attached hydrogens (primary N) is 1. The van der Waals surface area contributed by atoms with E-state index in [1.165, 1.54) is 0 Å². The molecule has 0 spiro atoms. The van der Waals surface area contributed by atoms with Crippen LogP contribution in [0.1, 0.15) is 32.4 Å². The number of amides is 2. The van der Waals surface area contributed by atoms with Gasteiger partial charge in [0.05, 0.1) is 22.1 Å². The molecule has 1 aliphatic heterocycles. The molecule has 4 rings (SSSR count). The Balaban J connectivity index is 1.60. The molecule has 3 heterocycles. The molecule has 3 aromatic rings. The molecule has 9 heteroatoms. The van der Waals surface area contributed by atoms with Gasteiger partial charge in [0, 0.05) is 24.6 Å². The Bertz CT molecular complexity index is 1080. The number of rotatable bonds is 6. The molecule has 1 aliphatic rings. The zero-order valence-corrected chi connectivity index (χ0v) is 16.9. The third-order valence-electron chi connectivity index (χ3n) is 4.96. The third-order valence-corrected chi connectivity index (χ3v) is 5.85. The minimum absolute atomic E-state index is 0.0610. The average Bonchev–Trinajstić information content (AvgIpc) is 3.38. The molecule has 2 amide bonds. The van der Waals surface area contributed by atoms with Crippen molar-refractivity contribution < 1.29 is 23.5 Å². The van der Waals surface area contributed by atoms with E-state index in [0.29, 0.717) is 47.7 Å². The van der Waals surface area contributed by atoms with E-state index in [0.717, 1.165) is 9.88 Å². The molecule has 152 valence electrons. The summed E-state index contributed by atoms with van der Waals surface area (Å²) in [7, 11) is 0. The van der Waals surface area contributed by atoms with Crippen molar-refractivity contribution in [3.05, 3.63) is 45.6 Å². The maximum absolute atomic E-state index is 13.0. The van der Waals surface area contributed by atoms with Gasteiger partial charge in [-0.25, -0.2) is 4.98 Å². The Morgan fingerprint density at radius 2 is 2.21 bits per heavy atom. The fourth-order valence-electron chi connectivity index (χ4n) is 3.40. The number of nitrogens with one attached hydrogen (secondary N) is 1. The number of hydrogen-bond acceptors (Lipinski definition) is 7. The predicted molar refractivity (Wildman–Crippen MR) is 107 cm³/mol. The van der Waals surface area contributed by atoms with Gasteiger partial charge in [0.25, 0.3) is 5.91 Å². The standard InChI is InChI=1S/C20H21N3O5S/c1-11-17(18(24)23-20(19(21)25)5-6-26-10-20)15-7-13(3-4-16(15)28-11)27-9-14-8-22-12(2)29-14/h3-4,7-8H,5-6,9-10H2,1-2H3,(H2,21,25)(H,23,24). The van der Waals surface area contributed by atoms with Gasteiger partial charge in [-0.1, -0.05) is 0 Å². The average molecular weight is 415 g/mol. The zero-order chi connectivity index (χ0) is 20.6. The van der Waals surface area contributed by atoms with E-state index in [9.17, 15) is 9.59 Å². The first kappa shape index (κ1) is 19.4. The first-order valence-electron chi connectivity index (χ1n) is 9.15. The highest BCUT2D eigenvalue weighted by Gasteiger charge is 2.43. The first-order valence-corrected chi connectivity index (χ1v) is 9.97. The van der Waals surface area contributed by atoms with E-state index in [1.807, 2.05) is 6.92 Å².